The molecule has 5 heteroatoms. The topological polar surface area (TPSA) is 75.8 Å². The van der Waals surface area contributed by atoms with Crippen LogP contribution in [0.1, 0.15) is 46.5 Å². The molecule has 2 atom stereocenters. The Labute approximate surface area is 122 Å². The summed E-state index contributed by atoms with van der Waals surface area (Å²) in [6, 6.07) is 0. The number of hydrogen-bond acceptors (Lipinski definition) is 4. The van der Waals surface area contributed by atoms with Crippen molar-refractivity contribution in [3.05, 3.63) is 0 Å². The number of morpholine rings is 1. The summed E-state index contributed by atoms with van der Waals surface area (Å²) < 4.78 is 5.61. The fourth-order valence-corrected chi connectivity index (χ4v) is 3.23. The summed E-state index contributed by atoms with van der Waals surface area (Å²) in [6.45, 7) is 7.51. The predicted octanol–water partition coefficient (Wildman–Crippen LogP) is 1.14. The molecule has 1 aliphatic heterocycles. The summed E-state index contributed by atoms with van der Waals surface area (Å²) in [5.41, 5.74) is 5.52. The summed E-state index contributed by atoms with van der Waals surface area (Å²) in [4.78, 5) is 14.8. The molecule has 5 nitrogen and oxygen atoms in total. The lowest BCUT2D eigenvalue weighted by molar-refractivity contribution is -0.157. The molecule has 0 radical (unpaired) electrons. The number of carbonyl (C=O) groups is 1. The third-order valence-corrected chi connectivity index (χ3v) is 4.12. The van der Waals surface area contributed by atoms with Crippen molar-refractivity contribution >= 4 is 5.91 Å². The van der Waals surface area contributed by atoms with Crippen molar-refractivity contribution in [2.24, 2.45) is 11.1 Å². The van der Waals surface area contributed by atoms with Crippen molar-refractivity contribution in [1.82, 2.24) is 4.90 Å². The van der Waals surface area contributed by atoms with Crippen LogP contribution in [0.5, 0.6) is 0 Å². The van der Waals surface area contributed by atoms with Gasteiger partial charge in [0, 0.05) is 19.6 Å². The molecule has 3 N–H and O–H groups in total. The SMILES string of the molecule is CCCC(CN)(CCC)C(=O)N1CC(C)OC(CO)C1. The fourth-order valence-electron chi connectivity index (χ4n) is 3.23. The predicted molar refractivity (Wildman–Crippen MR) is 79.3 cm³/mol. The largest absolute Gasteiger partial charge is 0.394 e. The number of aliphatic hydroxyl groups is 1. The van der Waals surface area contributed by atoms with Gasteiger partial charge in [-0.15, -0.1) is 0 Å². The maximum Gasteiger partial charge on any atom is 0.230 e. The number of carbonyl (C=O) groups excluding carboxylic acids is 1. The second kappa shape index (κ2) is 7.96. The van der Waals surface area contributed by atoms with Gasteiger partial charge in [-0.05, 0) is 19.8 Å². The average Bonchev–Trinajstić information content (AvgIpc) is 2.45. The molecule has 0 bridgehead atoms. The number of hydrogen-bond donors (Lipinski definition) is 2. The lowest BCUT2D eigenvalue weighted by Gasteiger charge is -2.42. The highest BCUT2D eigenvalue weighted by molar-refractivity contribution is 5.83. The number of nitrogens with two attached hydrogens (primary N) is 1. The Balaban J connectivity index is 2.87. The molecule has 1 amide bonds. The van der Waals surface area contributed by atoms with Crippen molar-refractivity contribution in [2.75, 3.05) is 26.2 Å². The smallest absolute Gasteiger partial charge is 0.230 e. The van der Waals surface area contributed by atoms with Crippen molar-refractivity contribution in [3.63, 3.8) is 0 Å². The summed E-state index contributed by atoms with van der Waals surface area (Å²) in [6.07, 6.45) is 3.24. The number of aliphatic hydroxyl groups excluding tert-OH is 1. The molecule has 1 heterocycles. The van der Waals surface area contributed by atoms with E-state index in [1.807, 2.05) is 11.8 Å². The lowest BCUT2D eigenvalue weighted by Crippen LogP contribution is -2.56. The highest BCUT2D eigenvalue weighted by Crippen LogP contribution is 2.32. The van der Waals surface area contributed by atoms with Crippen molar-refractivity contribution < 1.29 is 14.6 Å². The second-order valence-electron chi connectivity index (χ2n) is 5.95. The van der Waals surface area contributed by atoms with Crippen LogP contribution in [-0.4, -0.2) is 54.4 Å². The molecule has 1 rings (SSSR count). The second-order valence-corrected chi connectivity index (χ2v) is 5.95. The number of nitrogens with zero attached hydrogens (tertiary/aromatic N) is 1. The first kappa shape index (κ1) is 17.4. The van der Waals surface area contributed by atoms with Crippen LogP contribution in [0.4, 0.5) is 0 Å². The minimum Gasteiger partial charge on any atom is -0.394 e. The van der Waals surface area contributed by atoms with E-state index in [9.17, 15) is 9.90 Å². The third kappa shape index (κ3) is 3.93. The molecule has 1 saturated heterocycles. The van der Waals surface area contributed by atoms with Crippen LogP contribution in [0.3, 0.4) is 0 Å². The highest BCUT2D eigenvalue weighted by atomic mass is 16.5. The zero-order valence-electron chi connectivity index (χ0n) is 13.1. The molecule has 1 aliphatic rings. The Hall–Kier alpha value is -0.650. The fraction of sp³-hybridized carbons (Fsp3) is 0.933. The summed E-state index contributed by atoms with van der Waals surface area (Å²) in [7, 11) is 0. The third-order valence-electron chi connectivity index (χ3n) is 4.12. The maximum atomic E-state index is 12.9. The van der Waals surface area contributed by atoms with Crippen LogP contribution in [0.25, 0.3) is 0 Å². The standard InChI is InChI=1S/C15H30N2O3/c1-4-6-15(11-16,7-5-2)14(19)17-8-12(3)20-13(9-17)10-18/h12-13,18H,4-11,16H2,1-3H3. The van der Waals surface area contributed by atoms with Gasteiger partial charge in [0.15, 0.2) is 0 Å². The van der Waals surface area contributed by atoms with E-state index >= 15 is 0 Å². The first-order chi connectivity index (χ1) is 9.52. The minimum atomic E-state index is -0.444. The van der Waals surface area contributed by atoms with Gasteiger partial charge < -0.3 is 20.5 Å². The quantitative estimate of drug-likeness (QED) is 0.736. The van der Waals surface area contributed by atoms with Crippen LogP contribution < -0.4 is 5.73 Å². The summed E-state index contributed by atoms with van der Waals surface area (Å²) in [5.74, 6) is 0.136. The first-order valence-corrected chi connectivity index (χ1v) is 7.78. The van der Waals surface area contributed by atoms with Crippen molar-refractivity contribution in [3.8, 4) is 0 Å². The Morgan fingerprint density at radius 3 is 2.40 bits per heavy atom. The molecular formula is C15H30N2O3. The molecule has 0 aromatic heterocycles. The van der Waals surface area contributed by atoms with E-state index in [0.717, 1.165) is 25.7 Å². The van der Waals surface area contributed by atoms with Crippen LogP contribution in [0.2, 0.25) is 0 Å². The Morgan fingerprint density at radius 1 is 1.35 bits per heavy atom. The van der Waals surface area contributed by atoms with Gasteiger partial charge in [-0.25, -0.2) is 0 Å². The van der Waals surface area contributed by atoms with Gasteiger partial charge in [-0.2, -0.15) is 0 Å². The van der Waals surface area contributed by atoms with Gasteiger partial charge in [0.25, 0.3) is 0 Å². The van der Waals surface area contributed by atoms with E-state index in [4.69, 9.17) is 10.5 Å². The van der Waals surface area contributed by atoms with E-state index in [2.05, 4.69) is 13.8 Å². The summed E-state index contributed by atoms with van der Waals surface area (Å²) >= 11 is 0. The van der Waals surface area contributed by atoms with E-state index in [0.29, 0.717) is 19.6 Å². The normalized spacial score (nSPS) is 23.9. The molecule has 118 valence electrons. The molecule has 2 unspecified atom stereocenters. The van der Waals surface area contributed by atoms with Gasteiger partial charge in [-0.1, -0.05) is 26.7 Å². The van der Waals surface area contributed by atoms with Gasteiger partial charge in [0.1, 0.15) is 0 Å². The van der Waals surface area contributed by atoms with E-state index in [1.165, 1.54) is 0 Å². The van der Waals surface area contributed by atoms with E-state index < -0.39 is 5.41 Å². The number of ether oxygens (including phenoxy) is 1. The number of rotatable bonds is 7. The molecule has 20 heavy (non-hydrogen) atoms. The van der Waals surface area contributed by atoms with Crippen LogP contribution in [0.15, 0.2) is 0 Å². The zero-order chi connectivity index (χ0) is 15.2. The highest BCUT2D eigenvalue weighted by Gasteiger charge is 2.40. The average molecular weight is 286 g/mol. The molecule has 0 spiro atoms. The van der Waals surface area contributed by atoms with Gasteiger partial charge >= 0.3 is 0 Å². The molecule has 1 fully saturated rings. The lowest BCUT2D eigenvalue weighted by atomic mass is 9.77. The molecule has 0 aromatic rings. The molecule has 0 aliphatic carbocycles. The maximum absolute atomic E-state index is 12.9. The van der Waals surface area contributed by atoms with Crippen molar-refractivity contribution in [1.29, 1.82) is 0 Å². The van der Waals surface area contributed by atoms with Gasteiger partial charge in [0.2, 0.25) is 5.91 Å². The minimum absolute atomic E-state index is 0.0384. The molecule has 0 aromatic carbocycles. The Kier molecular flexibility index (Phi) is 6.92. The summed E-state index contributed by atoms with van der Waals surface area (Å²) in [5, 5.41) is 9.29. The van der Waals surface area contributed by atoms with Crippen LogP contribution in [-0.2, 0) is 9.53 Å². The monoisotopic (exact) mass is 286 g/mol. The van der Waals surface area contributed by atoms with Crippen LogP contribution in [0, 0.1) is 5.41 Å². The number of amides is 1. The first-order valence-electron chi connectivity index (χ1n) is 7.78. The van der Waals surface area contributed by atoms with E-state index in [-0.39, 0.29) is 24.7 Å². The van der Waals surface area contributed by atoms with E-state index in [1.54, 1.807) is 0 Å². The molecular weight excluding hydrogens is 256 g/mol. The van der Waals surface area contributed by atoms with Crippen LogP contribution >= 0.6 is 0 Å². The molecule has 0 saturated carbocycles. The van der Waals surface area contributed by atoms with Crippen molar-refractivity contribution in [2.45, 2.75) is 58.7 Å². The Bertz CT molecular complexity index is 303. The Morgan fingerprint density at radius 2 is 1.95 bits per heavy atom. The van der Waals surface area contributed by atoms with Gasteiger partial charge in [-0.3, -0.25) is 4.79 Å². The van der Waals surface area contributed by atoms with Gasteiger partial charge in [0.05, 0.1) is 24.2 Å². The zero-order valence-corrected chi connectivity index (χ0v) is 13.1.